The molecule has 0 radical (unpaired) electrons. The van der Waals surface area contributed by atoms with E-state index in [1.807, 2.05) is 13.0 Å². The molecule has 1 N–H and O–H groups in total. The number of nitro groups is 1. The summed E-state index contributed by atoms with van der Waals surface area (Å²) in [6.07, 6.45) is 0.527. The van der Waals surface area contributed by atoms with Crippen molar-refractivity contribution in [3.63, 3.8) is 0 Å². The number of anilines is 1. The van der Waals surface area contributed by atoms with Crippen molar-refractivity contribution in [2.45, 2.75) is 26.2 Å². The molecule has 0 spiro atoms. The second-order valence-electron chi connectivity index (χ2n) is 6.00. The number of nitrogens with one attached hydrogen (secondary N) is 1. The fourth-order valence-corrected chi connectivity index (χ4v) is 2.93. The number of hydrogen-bond donors (Lipinski definition) is 1. The van der Waals surface area contributed by atoms with E-state index in [0.29, 0.717) is 12.0 Å². The van der Waals surface area contributed by atoms with E-state index >= 15 is 0 Å². The number of Topliss-reactive ketones (excluding diaryl/α,β-unsaturated/α-hetero) is 1. The Bertz CT molecular complexity index is 858. The van der Waals surface area contributed by atoms with Crippen molar-refractivity contribution in [3.05, 3.63) is 68.8 Å². The van der Waals surface area contributed by atoms with Gasteiger partial charge < -0.3 is 5.32 Å². The Hall–Kier alpha value is -3.02. The Kier molecular flexibility index (Phi) is 4.12. The normalized spacial score (nSPS) is 12.6. The maximum absolute atomic E-state index is 12.3. The average Bonchev–Trinajstić information content (AvgIpc) is 2.86. The molecule has 1 aliphatic heterocycles. The molecule has 0 saturated heterocycles. The van der Waals surface area contributed by atoms with Crippen LogP contribution in [0.25, 0.3) is 0 Å². The van der Waals surface area contributed by atoms with Crippen molar-refractivity contribution in [1.82, 2.24) is 0 Å². The maximum atomic E-state index is 12.3. The molecule has 0 saturated carbocycles. The highest BCUT2D eigenvalue weighted by Gasteiger charge is 2.19. The number of nitrogens with zero attached hydrogens (tertiary/aromatic N) is 1. The van der Waals surface area contributed by atoms with Gasteiger partial charge in [0.2, 0.25) is 5.91 Å². The lowest BCUT2D eigenvalue weighted by Gasteiger charge is -2.06. The summed E-state index contributed by atoms with van der Waals surface area (Å²) in [6, 6.07) is 10.2. The van der Waals surface area contributed by atoms with Crippen LogP contribution in [-0.2, 0) is 28.9 Å². The van der Waals surface area contributed by atoms with Gasteiger partial charge in [0.05, 0.1) is 11.3 Å². The molecule has 0 atom stereocenters. The number of carbonyl (C=O) groups excluding carboxylic acids is 2. The van der Waals surface area contributed by atoms with E-state index < -0.39 is 4.92 Å². The molecule has 0 fully saturated rings. The summed E-state index contributed by atoms with van der Waals surface area (Å²) in [7, 11) is 0. The van der Waals surface area contributed by atoms with Crippen LogP contribution in [0.4, 0.5) is 11.4 Å². The molecule has 0 aliphatic carbocycles. The highest BCUT2D eigenvalue weighted by atomic mass is 16.6. The molecule has 1 aliphatic rings. The van der Waals surface area contributed by atoms with Crippen LogP contribution in [0.1, 0.15) is 22.3 Å². The topological polar surface area (TPSA) is 89.3 Å². The third-order valence-corrected chi connectivity index (χ3v) is 4.02. The van der Waals surface area contributed by atoms with E-state index in [1.165, 1.54) is 6.07 Å². The Balaban J connectivity index is 1.75. The van der Waals surface area contributed by atoms with Crippen molar-refractivity contribution >= 4 is 23.1 Å². The van der Waals surface area contributed by atoms with Crippen LogP contribution in [0, 0.1) is 17.0 Å². The number of amides is 1. The number of rotatable bonds is 5. The van der Waals surface area contributed by atoms with E-state index in [4.69, 9.17) is 0 Å². The average molecular weight is 324 g/mol. The first kappa shape index (κ1) is 15.9. The Morgan fingerprint density at radius 1 is 1.21 bits per heavy atom. The smallest absolute Gasteiger partial charge is 0.273 e. The number of nitro benzene ring substituents is 1. The highest BCUT2D eigenvalue weighted by molar-refractivity contribution is 5.99. The fraction of sp³-hybridized carbons (Fsp3) is 0.222. The lowest BCUT2D eigenvalue weighted by atomic mass is 9.98. The monoisotopic (exact) mass is 324 g/mol. The maximum Gasteiger partial charge on any atom is 0.273 e. The lowest BCUT2D eigenvalue weighted by molar-refractivity contribution is -0.385. The van der Waals surface area contributed by atoms with Crippen LogP contribution in [-0.4, -0.2) is 16.6 Å². The van der Waals surface area contributed by atoms with Gasteiger partial charge in [0.25, 0.3) is 5.69 Å². The lowest BCUT2D eigenvalue weighted by Crippen LogP contribution is -2.09. The summed E-state index contributed by atoms with van der Waals surface area (Å²) in [5, 5.41) is 13.8. The number of fused-ring (bicyclic) bond motifs is 1. The molecule has 122 valence electrons. The minimum absolute atomic E-state index is 0.0201. The minimum Gasteiger partial charge on any atom is -0.326 e. The van der Waals surface area contributed by atoms with Crippen molar-refractivity contribution in [3.8, 4) is 0 Å². The number of ketones is 1. The van der Waals surface area contributed by atoms with Gasteiger partial charge in [-0.05, 0) is 30.2 Å². The predicted octanol–water partition coefficient (Wildman–Crippen LogP) is 2.75. The van der Waals surface area contributed by atoms with Gasteiger partial charge in [0.15, 0.2) is 0 Å². The van der Waals surface area contributed by atoms with Gasteiger partial charge >= 0.3 is 0 Å². The SMILES string of the molecule is Cc1ccc([N+](=O)[O-])c(CC(=O)Cc2ccc3c(c2)CC(=O)N3)c1. The van der Waals surface area contributed by atoms with E-state index in [2.05, 4.69) is 5.32 Å². The molecule has 0 unspecified atom stereocenters. The zero-order chi connectivity index (χ0) is 17.3. The van der Waals surface area contributed by atoms with Gasteiger partial charge in [-0.25, -0.2) is 0 Å². The van der Waals surface area contributed by atoms with Crippen LogP contribution in [0.15, 0.2) is 36.4 Å². The predicted molar refractivity (Wildman–Crippen MR) is 89.0 cm³/mol. The third-order valence-electron chi connectivity index (χ3n) is 4.02. The molecule has 24 heavy (non-hydrogen) atoms. The molecule has 6 heteroatoms. The largest absolute Gasteiger partial charge is 0.326 e. The summed E-state index contributed by atoms with van der Waals surface area (Å²) in [5.41, 5.74) is 3.76. The van der Waals surface area contributed by atoms with Crippen molar-refractivity contribution in [1.29, 1.82) is 0 Å². The summed E-state index contributed by atoms with van der Waals surface area (Å²) < 4.78 is 0. The molecular formula is C18H16N2O4. The summed E-state index contributed by atoms with van der Waals surface area (Å²) in [5.74, 6) is -0.148. The summed E-state index contributed by atoms with van der Waals surface area (Å²) in [6.45, 7) is 1.84. The zero-order valence-corrected chi connectivity index (χ0v) is 13.2. The zero-order valence-electron chi connectivity index (χ0n) is 13.2. The molecule has 2 aromatic rings. The Labute approximate surface area is 138 Å². The molecule has 1 heterocycles. The summed E-state index contributed by atoms with van der Waals surface area (Å²) in [4.78, 5) is 34.3. The van der Waals surface area contributed by atoms with E-state index in [-0.39, 0.29) is 30.2 Å². The summed E-state index contributed by atoms with van der Waals surface area (Å²) >= 11 is 0. The molecule has 6 nitrogen and oxygen atoms in total. The first-order valence-corrected chi connectivity index (χ1v) is 7.59. The molecular weight excluding hydrogens is 308 g/mol. The molecule has 1 amide bonds. The van der Waals surface area contributed by atoms with Crippen LogP contribution in [0.3, 0.4) is 0 Å². The molecule has 0 aromatic heterocycles. The number of aryl methyl sites for hydroxylation is 1. The van der Waals surface area contributed by atoms with Crippen LogP contribution < -0.4 is 5.32 Å². The first-order valence-electron chi connectivity index (χ1n) is 7.59. The van der Waals surface area contributed by atoms with Crippen molar-refractivity contribution < 1.29 is 14.5 Å². The number of carbonyl (C=O) groups is 2. The van der Waals surface area contributed by atoms with Crippen LogP contribution >= 0.6 is 0 Å². The number of hydrogen-bond acceptors (Lipinski definition) is 4. The van der Waals surface area contributed by atoms with Gasteiger partial charge in [0.1, 0.15) is 5.78 Å². The Morgan fingerprint density at radius 3 is 2.75 bits per heavy atom. The van der Waals surface area contributed by atoms with E-state index in [0.717, 1.165) is 22.4 Å². The van der Waals surface area contributed by atoms with Gasteiger partial charge in [-0.15, -0.1) is 0 Å². The van der Waals surface area contributed by atoms with Crippen LogP contribution in [0.5, 0.6) is 0 Å². The Morgan fingerprint density at radius 2 is 2.00 bits per heavy atom. The quantitative estimate of drug-likeness (QED) is 0.676. The fourth-order valence-electron chi connectivity index (χ4n) is 2.93. The molecule has 3 rings (SSSR count). The highest BCUT2D eigenvalue weighted by Crippen LogP contribution is 2.25. The van der Waals surface area contributed by atoms with Crippen molar-refractivity contribution in [2.75, 3.05) is 5.32 Å². The van der Waals surface area contributed by atoms with Gasteiger partial charge in [0, 0.05) is 30.2 Å². The van der Waals surface area contributed by atoms with Gasteiger partial charge in [-0.3, -0.25) is 19.7 Å². The second-order valence-corrected chi connectivity index (χ2v) is 6.00. The standard InChI is InChI=1S/C18H16N2O4/c1-11-2-5-17(20(23)24)14(6-11)9-15(21)8-12-3-4-16-13(7-12)10-18(22)19-16/h2-7H,8-10H2,1H3,(H,19,22). The molecule has 2 aromatic carbocycles. The van der Waals surface area contributed by atoms with Crippen LogP contribution in [0.2, 0.25) is 0 Å². The number of benzene rings is 2. The molecule has 0 bridgehead atoms. The van der Waals surface area contributed by atoms with Crippen molar-refractivity contribution in [2.24, 2.45) is 0 Å². The minimum atomic E-state index is -0.464. The third kappa shape index (κ3) is 3.32. The first-order chi connectivity index (χ1) is 11.4. The van der Waals surface area contributed by atoms with E-state index in [1.54, 1.807) is 24.3 Å². The second kappa shape index (κ2) is 6.23. The van der Waals surface area contributed by atoms with Gasteiger partial charge in [-0.2, -0.15) is 0 Å². The van der Waals surface area contributed by atoms with E-state index in [9.17, 15) is 19.7 Å². The van der Waals surface area contributed by atoms with Gasteiger partial charge in [-0.1, -0.05) is 23.8 Å².